The molecule has 1 heterocycles. The van der Waals surface area contributed by atoms with Crippen LogP contribution in [-0.2, 0) is 16.0 Å². The van der Waals surface area contributed by atoms with Gasteiger partial charge in [-0.25, -0.2) is 0 Å². The average Bonchev–Trinajstić information content (AvgIpc) is 2.61. The zero-order valence-corrected chi connectivity index (χ0v) is 14.2. The molecule has 25 heavy (non-hydrogen) atoms. The predicted molar refractivity (Wildman–Crippen MR) is 93.8 cm³/mol. The molecule has 1 aliphatic rings. The fourth-order valence-corrected chi connectivity index (χ4v) is 2.77. The number of anilines is 1. The fourth-order valence-electron chi connectivity index (χ4n) is 2.77. The van der Waals surface area contributed by atoms with Gasteiger partial charge in [-0.3, -0.25) is 9.59 Å². The molecule has 130 valence electrons. The standard InChI is InChI=1S/C19H20N2O4/c1-12(13-7-8-17-15(9-13)21-19(23)11-25-17)20-18(22)10-14-5-3-4-6-16(14)24-2/h3-9,12H,10-11H2,1-2H3,(H,20,22)(H,21,23)/t12-/m1/s1. The third-order valence-corrected chi connectivity index (χ3v) is 4.06. The summed E-state index contributed by atoms with van der Waals surface area (Å²) in [6, 6.07) is 12.7. The van der Waals surface area contributed by atoms with Gasteiger partial charge in [0.25, 0.3) is 5.91 Å². The lowest BCUT2D eigenvalue weighted by Gasteiger charge is -2.21. The second-order valence-corrected chi connectivity index (χ2v) is 5.87. The van der Waals surface area contributed by atoms with Gasteiger partial charge >= 0.3 is 0 Å². The van der Waals surface area contributed by atoms with E-state index in [4.69, 9.17) is 9.47 Å². The predicted octanol–water partition coefficient (Wildman–Crippen LogP) is 2.45. The number of carbonyl (C=O) groups is 2. The molecular formula is C19H20N2O4. The molecule has 6 heteroatoms. The first kappa shape index (κ1) is 16.8. The van der Waals surface area contributed by atoms with Crippen molar-refractivity contribution in [1.29, 1.82) is 0 Å². The van der Waals surface area contributed by atoms with E-state index in [9.17, 15) is 9.59 Å². The highest BCUT2D eigenvalue weighted by Gasteiger charge is 2.18. The van der Waals surface area contributed by atoms with Crippen molar-refractivity contribution in [2.24, 2.45) is 0 Å². The van der Waals surface area contributed by atoms with Crippen molar-refractivity contribution in [1.82, 2.24) is 5.32 Å². The molecule has 2 amide bonds. The lowest BCUT2D eigenvalue weighted by Crippen LogP contribution is -2.29. The van der Waals surface area contributed by atoms with Crippen LogP contribution in [0.3, 0.4) is 0 Å². The van der Waals surface area contributed by atoms with Crippen LogP contribution >= 0.6 is 0 Å². The highest BCUT2D eigenvalue weighted by molar-refractivity contribution is 5.95. The summed E-state index contributed by atoms with van der Waals surface area (Å²) in [5, 5.41) is 5.74. The van der Waals surface area contributed by atoms with Crippen LogP contribution in [0.4, 0.5) is 5.69 Å². The Balaban J connectivity index is 1.67. The summed E-state index contributed by atoms with van der Waals surface area (Å²) >= 11 is 0. The molecule has 0 radical (unpaired) electrons. The highest BCUT2D eigenvalue weighted by Crippen LogP contribution is 2.30. The molecule has 0 spiro atoms. The SMILES string of the molecule is COc1ccccc1CC(=O)N[C@H](C)c1ccc2c(c1)NC(=O)CO2. The number of methoxy groups -OCH3 is 1. The van der Waals surface area contributed by atoms with Crippen molar-refractivity contribution in [3.8, 4) is 11.5 Å². The monoisotopic (exact) mass is 340 g/mol. The number of para-hydroxylation sites is 1. The molecule has 1 atom stereocenters. The first-order chi connectivity index (χ1) is 12.1. The van der Waals surface area contributed by atoms with Crippen LogP contribution in [0.25, 0.3) is 0 Å². The summed E-state index contributed by atoms with van der Waals surface area (Å²) < 4.78 is 10.6. The van der Waals surface area contributed by atoms with Gasteiger partial charge in [-0.15, -0.1) is 0 Å². The van der Waals surface area contributed by atoms with Gasteiger partial charge in [0, 0.05) is 5.56 Å². The average molecular weight is 340 g/mol. The maximum Gasteiger partial charge on any atom is 0.262 e. The largest absolute Gasteiger partial charge is 0.496 e. The zero-order valence-electron chi connectivity index (χ0n) is 14.2. The molecule has 2 aromatic carbocycles. The normalized spacial score (nSPS) is 13.9. The number of nitrogens with one attached hydrogen (secondary N) is 2. The Kier molecular flexibility index (Phi) is 4.88. The summed E-state index contributed by atoms with van der Waals surface area (Å²) in [4.78, 5) is 23.8. The quantitative estimate of drug-likeness (QED) is 0.876. The Hall–Kier alpha value is -3.02. The summed E-state index contributed by atoms with van der Waals surface area (Å²) in [6.45, 7) is 1.92. The molecule has 3 rings (SSSR count). The molecule has 0 saturated heterocycles. The van der Waals surface area contributed by atoms with Gasteiger partial charge in [0.05, 0.1) is 25.3 Å². The van der Waals surface area contributed by atoms with Gasteiger partial charge in [0.15, 0.2) is 6.61 Å². The van der Waals surface area contributed by atoms with Gasteiger partial charge in [0.2, 0.25) is 5.91 Å². The highest BCUT2D eigenvalue weighted by atomic mass is 16.5. The van der Waals surface area contributed by atoms with Crippen LogP contribution < -0.4 is 20.1 Å². The number of hydrogen-bond donors (Lipinski definition) is 2. The Morgan fingerprint density at radius 1 is 1.32 bits per heavy atom. The lowest BCUT2D eigenvalue weighted by atomic mass is 10.1. The van der Waals surface area contributed by atoms with Crippen LogP contribution in [0.15, 0.2) is 42.5 Å². The minimum Gasteiger partial charge on any atom is -0.496 e. The number of rotatable bonds is 5. The third-order valence-electron chi connectivity index (χ3n) is 4.06. The maximum absolute atomic E-state index is 12.3. The van der Waals surface area contributed by atoms with E-state index in [1.165, 1.54) is 0 Å². The number of carbonyl (C=O) groups excluding carboxylic acids is 2. The number of hydrogen-bond acceptors (Lipinski definition) is 4. The van der Waals surface area contributed by atoms with Gasteiger partial charge in [-0.2, -0.15) is 0 Å². The lowest BCUT2D eigenvalue weighted by molar-refractivity contribution is -0.121. The van der Waals surface area contributed by atoms with E-state index in [0.29, 0.717) is 17.2 Å². The Morgan fingerprint density at radius 2 is 2.12 bits per heavy atom. The Bertz CT molecular complexity index is 804. The Labute approximate surface area is 146 Å². The van der Waals surface area contributed by atoms with Crippen LogP contribution in [0.1, 0.15) is 24.1 Å². The molecule has 0 fully saturated rings. The molecule has 0 bridgehead atoms. The molecule has 0 aromatic heterocycles. The van der Waals surface area contributed by atoms with Gasteiger partial charge in [-0.1, -0.05) is 24.3 Å². The van der Waals surface area contributed by atoms with Crippen LogP contribution in [-0.4, -0.2) is 25.5 Å². The minimum absolute atomic E-state index is 0.0253. The summed E-state index contributed by atoms with van der Waals surface area (Å²) in [6.07, 6.45) is 0.235. The molecule has 2 N–H and O–H groups in total. The first-order valence-corrected chi connectivity index (χ1v) is 8.04. The van der Waals surface area contributed by atoms with Gasteiger partial charge < -0.3 is 20.1 Å². The molecular weight excluding hydrogens is 320 g/mol. The number of amides is 2. The second kappa shape index (κ2) is 7.25. The minimum atomic E-state index is -0.202. The molecule has 0 unspecified atom stereocenters. The second-order valence-electron chi connectivity index (χ2n) is 5.87. The van der Waals surface area contributed by atoms with Crippen molar-refractivity contribution in [3.63, 3.8) is 0 Å². The Morgan fingerprint density at radius 3 is 2.92 bits per heavy atom. The van der Waals surface area contributed by atoms with E-state index in [1.54, 1.807) is 13.2 Å². The van der Waals surface area contributed by atoms with Crippen LogP contribution in [0.5, 0.6) is 11.5 Å². The van der Waals surface area contributed by atoms with E-state index >= 15 is 0 Å². The van der Waals surface area contributed by atoms with Crippen LogP contribution in [0, 0.1) is 0 Å². The van der Waals surface area contributed by atoms with Crippen molar-refractivity contribution in [2.45, 2.75) is 19.4 Å². The third kappa shape index (κ3) is 3.91. The maximum atomic E-state index is 12.3. The summed E-state index contributed by atoms with van der Waals surface area (Å²) in [5.74, 6) is 1.04. The fraction of sp³-hybridized carbons (Fsp3) is 0.263. The number of fused-ring (bicyclic) bond motifs is 1. The smallest absolute Gasteiger partial charge is 0.262 e. The van der Waals surface area contributed by atoms with Gasteiger partial charge in [0.1, 0.15) is 11.5 Å². The number of benzene rings is 2. The zero-order chi connectivity index (χ0) is 17.8. The molecule has 2 aromatic rings. The van der Waals surface area contributed by atoms with Gasteiger partial charge in [-0.05, 0) is 30.7 Å². The topological polar surface area (TPSA) is 76.7 Å². The van der Waals surface area contributed by atoms with Crippen molar-refractivity contribution < 1.29 is 19.1 Å². The van der Waals surface area contributed by atoms with Crippen molar-refractivity contribution in [2.75, 3.05) is 19.0 Å². The van der Waals surface area contributed by atoms with E-state index in [0.717, 1.165) is 11.1 Å². The van der Waals surface area contributed by atoms with Crippen molar-refractivity contribution >= 4 is 17.5 Å². The van der Waals surface area contributed by atoms with Crippen LogP contribution in [0.2, 0.25) is 0 Å². The summed E-state index contributed by atoms with van der Waals surface area (Å²) in [7, 11) is 1.59. The summed E-state index contributed by atoms with van der Waals surface area (Å²) in [5.41, 5.74) is 2.35. The van der Waals surface area contributed by atoms with E-state index < -0.39 is 0 Å². The first-order valence-electron chi connectivity index (χ1n) is 8.04. The van der Waals surface area contributed by atoms with Crippen molar-refractivity contribution in [3.05, 3.63) is 53.6 Å². The number of ether oxygens (including phenoxy) is 2. The molecule has 0 saturated carbocycles. The molecule has 6 nitrogen and oxygen atoms in total. The van der Waals surface area contributed by atoms with E-state index in [-0.39, 0.29) is 30.9 Å². The molecule has 0 aliphatic carbocycles. The molecule has 1 aliphatic heterocycles. The van der Waals surface area contributed by atoms with E-state index in [2.05, 4.69) is 10.6 Å². The van der Waals surface area contributed by atoms with E-state index in [1.807, 2.05) is 43.3 Å².